The fourth-order valence-corrected chi connectivity index (χ4v) is 5.02. The van der Waals surface area contributed by atoms with Crippen molar-refractivity contribution >= 4 is 20.4 Å². The van der Waals surface area contributed by atoms with Crippen molar-refractivity contribution in [2.24, 2.45) is 5.92 Å². The van der Waals surface area contributed by atoms with Crippen LogP contribution < -0.4 is 5.48 Å². The number of rotatable bonds is 8. The maximum atomic E-state index is 6.00. The van der Waals surface area contributed by atoms with Crippen LogP contribution in [0.5, 0.6) is 0 Å². The second-order valence-electron chi connectivity index (χ2n) is 5.00. The van der Waals surface area contributed by atoms with Crippen molar-refractivity contribution in [1.29, 1.82) is 0 Å². The molecular formula is C13H28ClNO3Si. The van der Waals surface area contributed by atoms with Gasteiger partial charge in [-0.1, -0.05) is 19.8 Å². The first-order chi connectivity index (χ1) is 9.26. The molecule has 1 saturated heterocycles. The van der Waals surface area contributed by atoms with Gasteiger partial charge in [-0.25, -0.2) is 5.48 Å². The lowest BCUT2D eigenvalue weighted by Crippen LogP contribution is -2.52. The van der Waals surface area contributed by atoms with Gasteiger partial charge in [-0.15, -0.1) is 11.6 Å². The van der Waals surface area contributed by atoms with Crippen molar-refractivity contribution in [2.45, 2.75) is 52.0 Å². The summed E-state index contributed by atoms with van der Waals surface area (Å²) in [4.78, 5) is 0. The van der Waals surface area contributed by atoms with E-state index < -0.39 is 8.80 Å². The van der Waals surface area contributed by atoms with Gasteiger partial charge in [-0.2, -0.15) is 0 Å². The van der Waals surface area contributed by atoms with E-state index in [9.17, 15) is 0 Å². The highest BCUT2D eigenvalue weighted by Crippen LogP contribution is 2.22. The van der Waals surface area contributed by atoms with Crippen LogP contribution in [-0.4, -0.2) is 34.4 Å². The van der Waals surface area contributed by atoms with E-state index in [0.29, 0.717) is 18.4 Å². The third kappa shape index (κ3) is 6.56. The molecule has 0 saturated carbocycles. The van der Waals surface area contributed by atoms with Crippen LogP contribution in [0, 0.1) is 5.92 Å². The maximum absolute atomic E-state index is 6.00. The lowest BCUT2D eigenvalue weighted by molar-refractivity contribution is -0.00155. The summed E-state index contributed by atoms with van der Waals surface area (Å²) in [5.74, 6) is 1.26. The normalized spacial score (nSPS) is 28.9. The number of hydrogen-bond donors (Lipinski definition) is 1. The SMILES string of the molecule is CCCCC1CCO[Si](CCCCl)(OCC)ONC1. The van der Waals surface area contributed by atoms with Crippen LogP contribution in [0.1, 0.15) is 46.0 Å². The Morgan fingerprint density at radius 3 is 2.89 bits per heavy atom. The number of halogens is 1. The largest absolute Gasteiger partial charge is 0.517 e. The van der Waals surface area contributed by atoms with Gasteiger partial charge in [0.15, 0.2) is 0 Å². The van der Waals surface area contributed by atoms with Gasteiger partial charge >= 0.3 is 8.80 Å². The van der Waals surface area contributed by atoms with Gasteiger partial charge in [0.1, 0.15) is 0 Å². The number of nitrogens with one attached hydrogen (secondary N) is 1. The molecule has 0 aliphatic carbocycles. The number of unbranched alkanes of at least 4 members (excludes halogenated alkanes) is 1. The molecule has 6 heteroatoms. The second-order valence-corrected chi connectivity index (χ2v) is 8.03. The standard InChI is InChI=1S/C13H28ClNO3Si/c1-3-5-7-13-8-10-17-19(16-4-2,11-6-9-14)18-15-12-13/h13,15H,3-12H2,1-2H3. The molecule has 0 aromatic heterocycles. The molecule has 1 heterocycles. The van der Waals surface area contributed by atoms with Crippen molar-refractivity contribution in [3.8, 4) is 0 Å². The Labute approximate surface area is 123 Å². The van der Waals surface area contributed by atoms with Crippen molar-refractivity contribution in [1.82, 2.24) is 5.48 Å². The first-order valence-corrected chi connectivity index (χ1v) is 9.97. The lowest BCUT2D eigenvalue weighted by Gasteiger charge is -2.32. The van der Waals surface area contributed by atoms with Gasteiger partial charge in [0.05, 0.1) is 0 Å². The van der Waals surface area contributed by atoms with Crippen LogP contribution in [-0.2, 0) is 13.4 Å². The Balaban J connectivity index is 2.44. The Morgan fingerprint density at radius 2 is 2.21 bits per heavy atom. The Morgan fingerprint density at radius 1 is 1.37 bits per heavy atom. The topological polar surface area (TPSA) is 39.7 Å². The first-order valence-electron chi connectivity index (χ1n) is 7.51. The van der Waals surface area contributed by atoms with Crippen LogP contribution in [0.25, 0.3) is 0 Å². The van der Waals surface area contributed by atoms with E-state index in [4.69, 9.17) is 25.0 Å². The van der Waals surface area contributed by atoms with Gasteiger partial charge in [-0.3, -0.25) is 4.53 Å². The van der Waals surface area contributed by atoms with Crippen molar-refractivity contribution in [3.05, 3.63) is 0 Å². The molecule has 1 fully saturated rings. The molecule has 1 rings (SSSR count). The Kier molecular flexibility index (Phi) is 9.27. The van der Waals surface area contributed by atoms with E-state index in [2.05, 4.69) is 12.4 Å². The summed E-state index contributed by atoms with van der Waals surface area (Å²) >= 11 is 5.77. The number of hydrogen-bond acceptors (Lipinski definition) is 4. The summed E-state index contributed by atoms with van der Waals surface area (Å²) in [7, 11) is -2.54. The highest BCUT2D eigenvalue weighted by Gasteiger charge is 2.42. The summed E-state index contributed by atoms with van der Waals surface area (Å²) in [6.07, 6.45) is 5.70. The van der Waals surface area contributed by atoms with Gasteiger partial charge < -0.3 is 8.85 Å². The molecule has 0 aromatic rings. The quantitative estimate of drug-likeness (QED) is 0.551. The van der Waals surface area contributed by atoms with Crippen LogP contribution in [0.3, 0.4) is 0 Å². The van der Waals surface area contributed by atoms with Crippen molar-refractivity contribution in [3.63, 3.8) is 0 Å². The average molecular weight is 310 g/mol. The predicted octanol–water partition coefficient (Wildman–Crippen LogP) is 3.34. The van der Waals surface area contributed by atoms with E-state index >= 15 is 0 Å². The Bertz CT molecular complexity index is 224. The molecular weight excluding hydrogens is 282 g/mol. The third-order valence-corrected chi connectivity index (χ3v) is 6.46. The molecule has 0 spiro atoms. The van der Waals surface area contributed by atoms with Gasteiger partial charge in [-0.05, 0) is 32.1 Å². The zero-order chi connectivity index (χ0) is 14.0. The maximum Gasteiger partial charge on any atom is 0.517 e. The Hall–Kier alpha value is 0.347. The molecule has 19 heavy (non-hydrogen) atoms. The van der Waals surface area contributed by atoms with Crippen molar-refractivity contribution < 1.29 is 13.4 Å². The fraction of sp³-hybridized carbons (Fsp3) is 1.00. The van der Waals surface area contributed by atoms with E-state index in [0.717, 1.165) is 32.0 Å². The van der Waals surface area contributed by atoms with Gasteiger partial charge in [0, 0.05) is 31.7 Å². The van der Waals surface area contributed by atoms with Crippen LogP contribution in [0.15, 0.2) is 0 Å². The minimum absolute atomic E-state index is 0.619. The monoisotopic (exact) mass is 309 g/mol. The van der Waals surface area contributed by atoms with E-state index in [-0.39, 0.29) is 0 Å². The third-order valence-electron chi connectivity index (χ3n) is 3.39. The van der Waals surface area contributed by atoms with Gasteiger partial charge in [0.2, 0.25) is 0 Å². The molecule has 1 aliphatic rings. The van der Waals surface area contributed by atoms with E-state index in [1.807, 2.05) is 6.92 Å². The molecule has 114 valence electrons. The molecule has 2 unspecified atom stereocenters. The zero-order valence-corrected chi connectivity index (χ0v) is 14.0. The molecule has 0 radical (unpaired) electrons. The summed E-state index contributed by atoms with van der Waals surface area (Å²) < 4.78 is 17.6. The molecule has 4 nitrogen and oxygen atoms in total. The van der Waals surface area contributed by atoms with Crippen molar-refractivity contribution in [2.75, 3.05) is 25.6 Å². The predicted molar refractivity (Wildman–Crippen MR) is 80.2 cm³/mol. The van der Waals surface area contributed by atoms with Crippen LogP contribution >= 0.6 is 11.6 Å². The molecule has 2 atom stereocenters. The second kappa shape index (κ2) is 10.1. The molecule has 0 aromatic carbocycles. The average Bonchev–Trinajstić information content (AvgIpc) is 2.39. The highest BCUT2D eigenvalue weighted by molar-refractivity contribution is 6.60. The molecule has 1 N–H and O–H groups in total. The molecule has 0 amide bonds. The highest BCUT2D eigenvalue weighted by atomic mass is 35.5. The minimum atomic E-state index is -2.54. The molecule has 0 bridgehead atoms. The van der Waals surface area contributed by atoms with Crippen LogP contribution in [0.4, 0.5) is 0 Å². The zero-order valence-electron chi connectivity index (χ0n) is 12.3. The minimum Gasteiger partial charge on any atom is -0.373 e. The van der Waals surface area contributed by atoms with Crippen LogP contribution in [0.2, 0.25) is 6.04 Å². The lowest BCUT2D eigenvalue weighted by atomic mass is 9.99. The summed E-state index contributed by atoms with van der Waals surface area (Å²) in [6.45, 7) is 6.46. The van der Waals surface area contributed by atoms with E-state index in [1.165, 1.54) is 19.3 Å². The summed E-state index contributed by atoms with van der Waals surface area (Å²) in [5.41, 5.74) is 3.10. The smallest absolute Gasteiger partial charge is 0.373 e. The number of alkyl halides is 1. The van der Waals surface area contributed by atoms with Gasteiger partial charge in [0.25, 0.3) is 0 Å². The summed E-state index contributed by atoms with van der Waals surface area (Å²) in [6, 6.07) is 0.789. The first kappa shape index (κ1) is 17.4. The fourth-order valence-electron chi connectivity index (χ4n) is 2.29. The van der Waals surface area contributed by atoms with E-state index in [1.54, 1.807) is 0 Å². The summed E-state index contributed by atoms with van der Waals surface area (Å²) in [5, 5.41) is 0. The molecule has 1 aliphatic heterocycles. The number of hydroxylamine groups is 1.